The minimum atomic E-state index is -3.94. The fraction of sp³-hybridized carbons (Fsp3) is 0.556. The molecule has 0 fully saturated rings. The smallest absolute Gasteiger partial charge is 0.269 e. The van der Waals surface area contributed by atoms with E-state index in [1.54, 1.807) is 6.92 Å². The van der Waals surface area contributed by atoms with Crippen LogP contribution in [0.4, 0.5) is 0 Å². The number of sulfonamides is 1. The zero-order valence-corrected chi connectivity index (χ0v) is 10.6. The molecule has 0 radical (unpaired) electrons. The zero-order chi connectivity index (χ0) is 13.1. The van der Waals surface area contributed by atoms with E-state index in [0.29, 0.717) is 6.61 Å². The lowest BCUT2D eigenvalue weighted by atomic mass is 10.4. The van der Waals surface area contributed by atoms with Crippen LogP contribution in [0.3, 0.4) is 0 Å². The number of nitrogens with one attached hydrogen (secondary N) is 1. The molecule has 0 unspecified atom stereocenters. The first kappa shape index (κ1) is 13.7. The summed E-state index contributed by atoms with van der Waals surface area (Å²) in [6.45, 7) is 4.67. The minimum Gasteiger partial charge on any atom is -0.372 e. The molecule has 8 heteroatoms. The van der Waals surface area contributed by atoms with Gasteiger partial charge >= 0.3 is 0 Å². The molecule has 0 atom stereocenters. The summed E-state index contributed by atoms with van der Waals surface area (Å²) in [7, 11) is -3.94. The molecule has 0 bridgehead atoms. The van der Waals surface area contributed by atoms with E-state index in [9.17, 15) is 13.2 Å². The standard InChI is InChI=1S/C9H14N2O5S/c1-4-15-5-8(12)11-17(13,14)9-6(2)10-16-7(9)3/h4-5H2,1-3H3,(H,11,12). The first-order valence-corrected chi connectivity index (χ1v) is 6.43. The number of ether oxygens (including phenoxy) is 1. The third-order valence-electron chi connectivity index (χ3n) is 1.92. The van der Waals surface area contributed by atoms with Gasteiger partial charge in [0.1, 0.15) is 12.3 Å². The summed E-state index contributed by atoms with van der Waals surface area (Å²) in [6.07, 6.45) is 0. The molecule has 1 amide bonds. The Morgan fingerprint density at radius 1 is 1.47 bits per heavy atom. The van der Waals surface area contributed by atoms with Crippen LogP contribution in [0.15, 0.2) is 9.42 Å². The van der Waals surface area contributed by atoms with Crippen molar-refractivity contribution in [3.63, 3.8) is 0 Å². The summed E-state index contributed by atoms with van der Waals surface area (Å²) in [6, 6.07) is 0. The fourth-order valence-electron chi connectivity index (χ4n) is 1.28. The van der Waals surface area contributed by atoms with Gasteiger partial charge in [-0.1, -0.05) is 5.16 Å². The molecule has 0 saturated heterocycles. The number of amides is 1. The van der Waals surface area contributed by atoms with Crippen LogP contribution >= 0.6 is 0 Å². The molecule has 0 spiro atoms. The van der Waals surface area contributed by atoms with Gasteiger partial charge in [-0.25, -0.2) is 13.1 Å². The number of rotatable bonds is 5. The summed E-state index contributed by atoms with van der Waals surface area (Å²) in [4.78, 5) is 11.2. The summed E-state index contributed by atoms with van der Waals surface area (Å²) in [5.41, 5.74) is 0.208. The lowest BCUT2D eigenvalue weighted by Crippen LogP contribution is -2.34. The third-order valence-corrected chi connectivity index (χ3v) is 3.54. The summed E-state index contributed by atoms with van der Waals surface area (Å²) in [5.74, 6) is -0.592. The van der Waals surface area contributed by atoms with E-state index < -0.39 is 15.9 Å². The van der Waals surface area contributed by atoms with Gasteiger partial charge in [-0.05, 0) is 20.8 Å². The molecule has 7 nitrogen and oxygen atoms in total. The number of carbonyl (C=O) groups is 1. The monoisotopic (exact) mass is 262 g/mol. The van der Waals surface area contributed by atoms with Gasteiger partial charge in [-0.2, -0.15) is 0 Å². The van der Waals surface area contributed by atoms with Crippen molar-refractivity contribution in [2.75, 3.05) is 13.2 Å². The molecule has 0 aliphatic carbocycles. The van der Waals surface area contributed by atoms with Crippen LogP contribution in [0.2, 0.25) is 0 Å². The Hall–Kier alpha value is -1.41. The Kier molecular flexibility index (Phi) is 4.24. The predicted molar refractivity (Wildman–Crippen MR) is 57.8 cm³/mol. The molecular formula is C9H14N2O5S. The molecule has 1 heterocycles. The second-order valence-electron chi connectivity index (χ2n) is 3.32. The molecule has 1 rings (SSSR count). The van der Waals surface area contributed by atoms with Crippen molar-refractivity contribution < 1.29 is 22.5 Å². The number of hydrogen-bond acceptors (Lipinski definition) is 6. The zero-order valence-electron chi connectivity index (χ0n) is 9.81. The van der Waals surface area contributed by atoms with Crippen molar-refractivity contribution in [2.45, 2.75) is 25.7 Å². The van der Waals surface area contributed by atoms with Gasteiger partial charge in [0.15, 0.2) is 10.7 Å². The van der Waals surface area contributed by atoms with E-state index in [4.69, 9.17) is 9.26 Å². The van der Waals surface area contributed by atoms with Crippen LogP contribution < -0.4 is 4.72 Å². The molecule has 1 N–H and O–H groups in total. The van der Waals surface area contributed by atoms with Crippen LogP contribution in [0, 0.1) is 13.8 Å². The molecule has 96 valence electrons. The highest BCUT2D eigenvalue weighted by atomic mass is 32.2. The highest BCUT2D eigenvalue weighted by Crippen LogP contribution is 2.18. The minimum absolute atomic E-state index is 0.109. The predicted octanol–water partition coefficient (Wildman–Crippen LogP) is 0.133. The third kappa shape index (κ3) is 3.27. The van der Waals surface area contributed by atoms with Gasteiger partial charge < -0.3 is 9.26 Å². The van der Waals surface area contributed by atoms with Crippen LogP contribution in [-0.4, -0.2) is 32.7 Å². The maximum Gasteiger partial charge on any atom is 0.269 e. The van der Waals surface area contributed by atoms with E-state index in [1.165, 1.54) is 13.8 Å². The molecule has 0 aromatic carbocycles. The number of hydrogen-bond donors (Lipinski definition) is 1. The Balaban J connectivity index is 2.87. The van der Waals surface area contributed by atoms with Crippen molar-refractivity contribution in [3.05, 3.63) is 11.5 Å². The number of carbonyl (C=O) groups excluding carboxylic acids is 1. The van der Waals surface area contributed by atoms with Gasteiger partial charge in [0.05, 0.1) is 0 Å². The number of nitrogens with zero attached hydrogens (tertiary/aromatic N) is 1. The first-order chi connectivity index (χ1) is 7.88. The van der Waals surface area contributed by atoms with Crippen molar-refractivity contribution in [1.82, 2.24) is 9.88 Å². The Labute approximate surface area is 99.2 Å². The van der Waals surface area contributed by atoms with E-state index >= 15 is 0 Å². The van der Waals surface area contributed by atoms with E-state index in [0.717, 1.165) is 0 Å². The van der Waals surface area contributed by atoms with Crippen LogP contribution in [0.25, 0.3) is 0 Å². The molecule has 17 heavy (non-hydrogen) atoms. The van der Waals surface area contributed by atoms with Crippen LogP contribution in [0.5, 0.6) is 0 Å². The normalized spacial score (nSPS) is 11.5. The summed E-state index contributed by atoms with van der Waals surface area (Å²) >= 11 is 0. The Morgan fingerprint density at radius 2 is 2.12 bits per heavy atom. The Bertz CT molecular complexity index is 486. The first-order valence-electron chi connectivity index (χ1n) is 4.94. The van der Waals surface area contributed by atoms with Gasteiger partial charge in [0.2, 0.25) is 0 Å². The lowest BCUT2D eigenvalue weighted by Gasteiger charge is -2.05. The average molecular weight is 262 g/mol. The molecule has 0 aliphatic rings. The SMILES string of the molecule is CCOCC(=O)NS(=O)(=O)c1c(C)noc1C. The maximum atomic E-state index is 11.8. The molecule has 1 aromatic rings. The summed E-state index contributed by atoms with van der Waals surface area (Å²) in [5, 5.41) is 3.52. The number of aryl methyl sites for hydroxylation is 2. The second kappa shape index (κ2) is 5.28. The van der Waals surface area contributed by atoms with Crippen LogP contribution in [0.1, 0.15) is 18.4 Å². The Morgan fingerprint density at radius 3 is 2.59 bits per heavy atom. The summed E-state index contributed by atoms with van der Waals surface area (Å²) < 4.78 is 35.1. The number of aromatic nitrogens is 1. The van der Waals surface area contributed by atoms with Gasteiger partial charge in [0, 0.05) is 6.61 Å². The molecule has 1 aromatic heterocycles. The van der Waals surface area contributed by atoms with Gasteiger partial charge in [-0.3, -0.25) is 4.79 Å². The van der Waals surface area contributed by atoms with E-state index in [2.05, 4.69) is 5.16 Å². The quantitative estimate of drug-likeness (QED) is 0.810. The fourth-order valence-corrected chi connectivity index (χ4v) is 2.59. The van der Waals surface area contributed by atoms with Crippen LogP contribution in [-0.2, 0) is 19.6 Å². The van der Waals surface area contributed by atoms with E-state index in [-0.39, 0.29) is 23.0 Å². The highest BCUT2D eigenvalue weighted by molar-refractivity contribution is 7.90. The molecular weight excluding hydrogens is 248 g/mol. The van der Waals surface area contributed by atoms with Crippen molar-refractivity contribution in [1.29, 1.82) is 0 Å². The van der Waals surface area contributed by atoms with Gasteiger partial charge in [-0.15, -0.1) is 0 Å². The average Bonchev–Trinajstić information content (AvgIpc) is 2.55. The maximum absolute atomic E-state index is 11.8. The van der Waals surface area contributed by atoms with Gasteiger partial charge in [0.25, 0.3) is 15.9 Å². The topological polar surface area (TPSA) is 98.5 Å². The van der Waals surface area contributed by atoms with Crippen molar-refractivity contribution >= 4 is 15.9 Å². The molecule has 0 aliphatic heterocycles. The second-order valence-corrected chi connectivity index (χ2v) is 4.94. The largest absolute Gasteiger partial charge is 0.372 e. The highest BCUT2D eigenvalue weighted by Gasteiger charge is 2.25. The lowest BCUT2D eigenvalue weighted by molar-refractivity contribution is -0.123. The van der Waals surface area contributed by atoms with E-state index in [1.807, 2.05) is 4.72 Å². The van der Waals surface area contributed by atoms with Crippen molar-refractivity contribution in [2.24, 2.45) is 0 Å². The molecule has 0 saturated carbocycles. The van der Waals surface area contributed by atoms with Crippen molar-refractivity contribution in [3.8, 4) is 0 Å².